The molecule has 1 heterocycles. The van der Waals surface area contributed by atoms with E-state index in [4.69, 9.17) is 0 Å². The van der Waals surface area contributed by atoms with Crippen molar-refractivity contribution in [3.8, 4) is 0 Å². The summed E-state index contributed by atoms with van der Waals surface area (Å²) in [6.07, 6.45) is 6.26. The zero-order valence-corrected chi connectivity index (χ0v) is 19.7. The highest BCUT2D eigenvalue weighted by Crippen LogP contribution is 2.29. The molecule has 28 heavy (non-hydrogen) atoms. The highest BCUT2D eigenvalue weighted by Gasteiger charge is 2.31. The molecule has 6 heteroatoms. The Labute approximate surface area is 187 Å². The molecule has 0 unspecified atom stereocenters. The Morgan fingerprint density at radius 1 is 1.25 bits per heavy atom. The molecule has 1 aliphatic carbocycles. The van der Waals surface area contributed by atoms with Gasteiger partial charge in [-0.3, -0.25) is 9.89 Å². The Morgan fingerprint density at radius 2 is 1.96 bits per heavy atom. The number of guanidine groups is 1. The zero-order valence-electron chi connectivity index (χ0n) is 17.4. The number of halogens is 1. The van der Waals surface area contributed by atoms with Crippen molar-refractivity contribution >= 4 is 29.9 Å². The van der Waals surface area contributed by atoms with E-state index in [9.17, 15) is 5.11 Å². The number of piperidine rings is 1. The number of nitrogens with one attached hydrogen (secondary N) is 2. The molecule has 158 valence electrons. The number of aliphatic imine (C=N–C) groups is 1. The van der Waals surface area contributed by atoms with Crippen LogP contribution in [0.2, 0.25) is 0 Å². The number of aryl methyl sites for hydroxylation is 1. The average Bonchev–Trinajstić information content (AvgIpc) is 3.09. The van der Waals surface area contributed by atoms with Crippen molar-refractivity contribution in [2.45, 2.75) is 70.6 Å². The molecule has 0 radical (unpaired) electrons. The smallest absolute Gasteiger partial charge is 0.191 e. The summed E-state index contributed by atoms with van der Waals surface area (Å²) >= 11 is 0. The van der Waals surface area contributed by atoms with Gasteiger partial charge in [0.05, 0.1) is 12.1 Å². The summed E-state index contributed by atoms with van der Waals surface area (Å²) in [6, 6.07) is 9.27. The largest absolute Gasteiger partial charge is 0.388 e. The standard InChI is InChI=1S/C22H36N4O.HI/c1-3-23-21(24-17-22(27)11-4-5-12-22)25-20-9-13-26(14-10-20)16-19-8-6-7-18(2)15-19;/h6-8,15,20,27H,3-5,9-14,16-17H2,1-2H3,(H2,23,24,25);1H. The SMILES string of the molecule is CCNC(=NCC1(O)CCCC1)NC1CCN(Cc2cccc(C)c2)CC1.I. The molecule has 3 N–H and O–H groups in total. The molecule has 1 saturated carbocycles. The minimum absolute atomic E-state index is 0. The molecule has 1 aliphatic heterocycles. The highest BCUT2D eigenvalue weighted by molar-refractivity contribution is 14.0. The fourth-order valence-corrected chi connectivity index (χ4v) is 4.23. The molecule has 2 fully saturated rings. The molecule has 5 nitrogen and oxygen atoms in total. The lowest BCUT2D eigenvalue weighted by Crippen LogP contribution is -2.49. The number of benzene rings is 1. The second-order valence-electron chi connectivity index (χ2n) is 8.31. The van der Waals surface area contributed by atoms with Gasteiger partial charge < -0.3 is 15.7 Å². The van der Waals surface area contributed by atoms with Crippen molar-refractivity contribution in [2.24, 2.45) is 4.99 Å². The first-order chi connectivity index (χ1) is 13.1. The lowest BCUT2D eigenvalue weighted by atomic mass is 10.0. The van der Waals surface area contributed by atoms with Crippen molar-refractivity contribution in [2.75, 3.05) is 26.2 Å². The normalized spacial score (nSPS) is 20.6. The van der Waals surface area contributed by atoms with Gasteiger partial charge in [0.1, 0.15) is 0 Å². The third-order valence-electron chi connectivity index (χ3n) is 5.83. The molecule has 3 rings (SSSR count). The first kappa shape index (κ1) is 23.4. The fraction of sp³-hybridized carbons (Fsp3) is 0.682. The van der Waals surface area contributed by atoms with Crippen LogP contribution in [-0.4, -0.2) is 53.8 Å². The van der Waals surface area contributed by atoms with E-state index in [1.54, 1.807) is 0 Å². The van der Waals surface area contributed by atoms with Crippen LogP contribution in [0, 0.1) is 6.92 Å². The lowest BCUT2D eigenvalue weighted by Gasteiger charge is -2.33. The van der Waals surface area contributed by atoms with Crippen LogP contribution < -0.4 is 10.6 Å². The number of aliphatic hydroxyl groups is 1. The summed E-state index contributed by atoms with van der Waals surface area (Å²) in [4.78, 5) is 7.23. The average molecular weight is 500 g/mol. The Balaban J connectivity index is 0.00000280. The monoisotopic (exact) mass is 500 g/mol. The molecule has 0 spiro atoms. The van der Waals surface area contributed by atoms with Crippen LogP contribution in [0.25, 0.3) is 0 Å². The van der Waals surface area contributed by atoms with Crippen molar-refractivity contribution in [1.82, 2.24) is 15.5 Å². The summed E-state index contributed by atoms with van der Waals surface area (Å²) in [5.74, 6) is 0.856. The number of hydrogen-bond donors (Lipinski definition) is 3. The first-order valence-electron chi connectivity index (χ1n) is 10.6. The van der Waals surface area contributed by atoms with Crippen molar-refractivity contribution < 1.29 is 5.11 Å². The number of nitrogens with zero attached hydrogens (tertiary/aromatic N) is 2. The first-order valence-corrected chi connectivity index (χ1v) is 10.6. The molecule has 1 aromatic carbocycles. The Morgan fingerprint density at radius 3 is 2.61 bits per heavy atom. The fourth-order valence-electron chi connectivity index (χ4n) is 4.23. The van der Waals surface area contributed by atoms with Gasteiger partial charge in [-0.15, -0.1) is 24.0 Å². The molecule has 2 aliphatic rings. The molecule has 1 saturated heterocycles. The van der Waals surface area contributed by atoms with Gasteiger partial charge in [-0.25, -0.2) is 0 Å². The minimum Gasteiger partial charge on any atom is -0.388 e. The van der Waals surface area contributed by atoms with Crippen LogP contribution in [0.15, 0.2) is 29.3 Å². The Hall–Kier alpha value is -0.860. The van der Waals surface area contributed by atoms with Gasteiger partial charge in [-0.2, -0.15) is 0 Å². The topological polar surface area (TPSA) is 59.9 Å². The van der Waals surface area contributed by atoms with Crippen LogP contribution in [-0.2, 0) is 6.54 Å². The third-order valence-corrected chi connectivity index (χ3v) is 5.83. The van der Waals surface area contributed by atoms with E-state index in [0.29, 0.717) is 12.6 Å². The van der Waals surface area contributed by atoms with Crippen LogP contribution >= 0.6 is 24.0 Å². The van der Waals surface area contributed by atoms with E-state index in [-0.39, 0.29) is 24.0 Å². The van der Waals surface area contributed by atoms with E-state index in [1.807, 2.05) is 0 Å². The summed E-state index contributed by atoms with van der Waals surface area (Å²) in [5, 5.41) is 17.5. The Bertz CT molecular complexity index is 623. The number of likely N-dealkylation sites (tertiary alicyclic amines) is 1. The van der Waals surface area contributed by atoms with E-state index in [0.717, 1.165) is 70.7 Å². The summed E-state index contributed by atoms with van der Waals surface area (Å²) in [5.41, 5.74) is 2.15. The molecule has 0 bridgehead atoms. The predicted molar refractivity (Wildman–Crippen MR) is 127 cm³/mol. The predicted octanol–water partition coefficient (Wildman–Crippen LogP) is 3.44. The van der Waals surface area contributed by atoms with Crippen molar-refractivity contribution in [3.63, 3.8) is 0 Å². The zero-order chi connectivity index (χ0) is 19.1. The molecular formula is C22H37IN4O. The quantitative estimate of drug-likeness (QED) is 0.318. The van der Waals surface area contributed by atoms with E-state index in [2.05, 4.69) is 58.6 Å². The van der Waals surface area contributed by atoms with E-state index < -0.39 is 5.60 Å². The third kappa shape index (κ3) is 7.19. The van der Waals surface area contributed by atoms with Gasteiger partial charge in [-0.05, 0) is 45.1 Å². The van der Waals surface area contributed by atoms with Gasteiger partial charge in [0.25, 0.3) is 0 Å². The molecule has 0 atom stereocenters. The van der Waals surface area contributed by atoms with Gasteiger partial charge in [-0.1, -0.05) is 42.7 Å². The van der Waals surface area contributed by atoms with Crippen LogP contribution in [0.1, 0.15) is 56.6 Å². The van der Waals surface area contributed by atoms with Crippen LogP contribution in [0.4, 0.5) is 0 Å². The van der Waals surface area contributed by atoms with Crippen LogP contribution in [0.3, 0.4) is 0 Å². The molecular weight excluding hydrogens is 463 g/mol. The second-order valence-corrected chi connectivity index (χ2v) is 8.31. The lowest BCUT2D eigenvalue weighted by molar-refractivity contribution is 0.0573. The van der Waals surface area contributed by atoms with E-state index in [1.165, 1.54) is 11.1 Å². The van der Waals surface area contributed by atoms with E-state index >= 15 is 0 Å². The summed E-state index contributed by atoms with van der Waals surface area (Å²) in [7, 11) is 0. The minimum atomic E-state index is -0.584. The highest BCUT2D eigenvalue weighted by atomic mass is 127. The number of hydrogen-bond acceptors (Lipinski definition) is 3. The van der Waals surface area contributed by atoms with Gasteiger partial charge in [0, 0.05) is 32.2 Å². The molecule has 1 aromatic rings. The van der Waals surface area contributed by atoms with Crippen molar-refractivity contribution in [1.29, 1.82) is 0 Å². The maximum atomic E-state index is 10.5. The van der Waals surface area contributed by atoms with Gasteiger partial charge >= 0.3 is 0 Å². The second kappa shape index (κ2) is 11.4. The molecule has 0 amide bonds. The van der Waals surface area contributed by atoms with Crippen molar-refractivity contribution in [3.05, 3.63) is 35.4 Å². The maximum absolute atomic E-state index is 10.5. The van der Waals surface area contributed by atoms with Crippen LogP contribution in [0.5, 0.6) is 0 Å². The van der Waals surface area contributed by atoms with Gasteiger partial charge in [0.15, 0.2) is 5.96 Å². The van der Waals surface area contributed by atoms with Gasteiger partial charge in [0.2, 0.25) is 0 Å². The number of rotatable bonds is 6. The summed E-state index contributed by atoms with van der Waals surface area (Å²) in [6.45, 7) is 8.85. The summed E-state index contributed by atoms with van der Waals surface area (Å²) < 4.78 is 0. The molecule has 0 aromatic heterocycles. The Kier molecular flexibility index (Phi) is 9.50. The maximum Gasteiger partial charge on any atom is 0.191 e.